The third-order valence-electron chi connectivity index (χ3n) is 2.37. The molecule has 6 heteroatoms. The molecule has 3 rings (SSSR count). The van der Waals surface area contributed by atoms with E-state index >= 15 is 0 Å². The molecule has 80 valence electrons. The third-order valence-corrected chi connectivity index (χ3v) is 2.58. The molecular weight excluding hydrogens is 228 g/mol. The van der Waals surface area contributed by atoms with Gasteiger partial charge in [-0.15, -0.1) is 0 Å². The molecule has 0 unspecified atom stereocenters. The van der Waals surface area contributed by atoms with Crippen LogP contribution in [0.25, 0.3) is 16.6 Å². The minimum Gasteiger partial charge on any atom is -0.494 e. The van der Waals surface area contributed by atoms with Gasteiger partial charge in [-0.05, 0) is 12.1 Å². The van der Waals surface area contributed by atoms with E-state index in [4.69, 9.17) is 11.6 Å². The first-order valence-corrected chi connectivity index (χ1v) is 4.99. The molecule has 0 atom stereocenters. The summed E-state index contributed by atoms with van der Waals surface area (Å²) in [5.41, 5.74) is 1.39. The second-order valence-electron chi connectivity index (χ2n) is 3.35. The van der Waals surface area contributed by atoms with E-state index in [2.05, 4.69) is 15.2 Å². The SMILES string of the molecule is Oc1c2ccc(Cl)nc2cn1-c1cn[nH]c1. The van der Waals surface area contributed by atoms with Crippen LogP contribution in [-0.2, 0) is 0 Å². The molecule has 5 nitrogen and oxygen atoms in total. The summed E-state index contributed by atoms with van der Waals surface area (Å²) < 4.78 is 1.59. The number of H-pyrrole nitrogens is 1. The average molecular weight is 235 g/mol. The van der Waals surface area contributed by atoms with Crippen LogP contribution in [0, 0.1) is 0 Å². The molecular formula is C10H7ClN4O. The number of pyridine rings is 1. The molecule has 0 amide bonds. The molecule has 0 aliphatic carbocycles. The van der Waals surface area contributed by atoms with Crippen LogP contribution in [0.2, 0.25) is 5.15 Å². The van der Waals surface area contributed by atoms with Crippen molar-refractivity contribution in [3.05, 3.63) is 35.9 Å². The summed E-state index contributed by atoms with van der Waals surface area (Å²) in [6, 6.07) is 3.37. The fourth-order valence-corrected chi connectivity index (χ4v) is 1.78. The van der Waals surface area contributed by atoms with Crippen LogP contribution in [-0.4, -0.2) is 24.9 Å². The number of nitrogens with one attached hydrogen (secondary N) is 1. The van der Waals surface area contributed by atoms with E-state index in [0.29, 0.717) is 16.1 Å². The van der Waals surface area contributed by atoms with E-state index in [0.717, 1.165) is 5.69 Å². The Balaban J connectivity index is 2.31. The van der Waals surface area contributed by atoms with Crippen molar-refractivity contribution in [3.63, 3.8) is 0 Å². The van der Waals surface area contributed by atoms with Crippen LogP contribution in [0.15, 0.2) is 30.7 Å². The zero-order chi connectivity index (χ0) is 11.1. The summed E-state index contributed by atoms with van der Waals surface area (Å²) in [7, 11) is 0. The Hall–Kier alpha value is -2.01. The molecule has 3 aromatic rings. The summed E-state index contributed by atoms with van der Waals surface area (Å²) in [6.07, 6.45) is 5.00. The fraction of sp³-hybridized carbons (Fsp3) is 0. The molecule has 0 radical (unpaired) electrons. The summed E-state index contributed by atoms with van der Waals surface area (Å²) in [5.74, 6) is 0.126. The highest BCUT2D eigenvalue weighted by Gasteiger charge is 2.11. The number of hydrogen-bond acceptors (Lipinski definition) is 3. The average Bonchev–Trinajstić information content (AvgIpc) is 2.86. The summed E-state index contributed by atoms with van der Waals surface area (Å²) >= 11 is 5.78. The highest BCUT2D eigenvalue weighted by molar-refractivity contribution is 6.29. The predicted molar refractivity (Wildman–Crippen MR) is 59.9 cm³/mol. The zero-order valence-corrected chi connectivity index (χ0v) is 8.81. The first-order valence-electron chi connectivity index (χ1n) is 4.61. The quantitative estimate of drug-likeness (QED) is 0.634. The second-order valence-corrected chi connectivity index (χ2v) is 3.73. The van der Waals surface area contributed by atoms with E-state index < -0.39 is 0 Å². The van der Waals surface area contributed by atoms with Crippen molar-refractivity contribution in [1.82, 2.24) is 19.7 Å². The van der Waals surface area contributed by atoms with Gasteiger partial charge in [-0.2, -0.15) is 5.10 Å². The predicted octanol–water partition coefficient (Wildman–Crippen LogP) is 2.11. The van der Waals surface area contributed by atoms with E-state index in [-0.39, 0.29) is 5.88 Å². The number of halogens is 1. The minimum absolute atomic E-state index is 0.126. The standard InChI is InChI=1S/C10H7ClN4O/c11-9-2-1-7-8(14-9)5-15(10(7)16)6-3-12-13-4-6/h1-5,16H,(H,12,13). The lowest BCUT2D eigenvalue weighted by Crippen LogP contribution is -1.87. The van der Waals surface area contributed by atoms with Crippen LogP contribution in [0.4, 0.5) is 0 Å². The van der Waals surface area contributed by atoms with E-state index in [1.165, 1.54) is 0 Å². The van der Waals surface area contributed by atoms with Gasteiger partial charge in [0, 0.05) is 12.4 Å². The van der Waals surface area contributed by atoms with E-state index in [1.54, 1.807) is 35.3 Å². The van der Waals surface area contributed by atoms with Crippen molar-refractivity contribution < 1.29 is 5.11 Å². The zero-order valence-electron chi connectivity index (χ0n) is 8.05. The Morgan fingerprint density at radius 3 is 3.00 bits per heavy atom. The highest BCUT2D eigenvalue weighted by atomic mass is 35.5. The van der Waals surface area contributed by atoms with E-state index in [1.807, 2.05) is 0 Å². The van der Waals surface area contributed by atoms with Crippen molar-refractivity contribution in [2.24, 2.45) is 0 Å². The summed E-state index contributed by atoms with van der Waals surface area (Å²) in [4.78, 5) is 4.12. The lowest BCUT2D eigenvalue weighted by Gasteiger charge is -1.98. The first-order chi connectivity index (χ1) is 7.75. The number of nitrogens with zero attached hydrogens (tertiary/aromatic N) is 3. The Morgan fingerprint density at radius 1 is 1.38 bits per heavy atom. The number of hydrogen-bond donors (Lipinski definition) is 2. The van der Waals surface area contributed by atoms with E-state index in [9.17, 15) is 5.11 Å². The Kier molecular flexibility index (Phi) is 1.87. The molecule has 0 aliphatic rings. The van der Waals surface area contributed by atoms with Crippen LogP contribution in [0.3, 0.4) is 0 Å². The maximum absolute atomic E-state index is 9.99. The van der Waals surface area contributed by atoms with Crippen LogP contribution < -0.4 is 0 Å². The summed E-state index contributed by atoms with van der Waals surface area (Å²) in [6.45, 7) is 0. The molecule has 3 aromatic heterocycles. The third kappa shape index (κ3) is 1.25. The van der Waals surface area contributed by atoms with Gasteiger partial charge in [0.1, 0.15) is 5.15 Å². The summed E-state index contributed by atoms with van der Waals surface area (Å²) in [5, 5.41) is 17.6. The van der Waals surface area contributed by atoms with Crippen molar-refractivity contribution in [3.8, 4) is 11.6 Å². The first kappa shape index (κ1) is 9.23. The normalized spacial score (nSPS) is 11.1. The largest absolute Gasteiger partial charge is 0.494 e. The van der Waals surface area contributed by atoms with Gasteiger partial charge in [0.15, 0.2) is 0 Å². The van der Waals surface area contributed by atoms with Gasteiger partial charge in [0.05, 0.1) is 22.8 Å². The van der Waals surface area contributed by atoms with Gasteiger partial charge in [-0.1, -0.05) is 11.6 Å². The second kappa shape index (κ2) is 3.24. The van der Waals surface area contributed by atoms with Gasteiger partial charge in [0.25, 0.3) is 0 Å². The van der Waals surface area contributed by atoms with Crippen LogP contribution >= 0.6 is 11.6 Å². The fourth-order valence-electron chi connectivity index (χ4n) is 1.62. The number of aromatic amines is 1. The monoisotopic (exact) mass is 234 g/mol. The maximum Gasteiger partial charge on any atom is 0.205 e. The lowest BCUT2D eigenvalue weighted by atomic mass is 10.3. The van der Waals surface area contributed by atoms with Gasteiger partial charge in [-0.25, -0.2) is 4.98 Å². The van der Waals surface area contributed by atoms with Crippen LogP contribution in [0.5, 0.6) is 5.88 Å². The molecule has 0 saturated heterocycles. The Labute approximate surface area is 95.3 Å². The topological polar surface area (TPSA) is 66.7 Å². The molecule has 2 N–H and O–H groups in total. The molecule has 0 aromatic carbocycles. The van der Waals surface area contributed by atoms with Crippen molar-refractivity contribution >= 4 is 22.5 Å². The van der Waals surface area contributed by atoms with Crippen molar-refractivity contribution in [2.75, 3.05) is 0 Å². The minimum atomic E-state index is 0.126. The molecule has 16 heavy (non-hydrogen) atoms. The van der Waals surface area contributed by atoms with Gasteiger partial charge < -0.3 is 5.11 Å². The number of fused-ring (bicyclic) bond motifs is 1. The smallest absolute Gasteiger partial charge is 0.205 e. The Morgan fingerprint density at radius 2 is 2.25 bits per heavy atom. The molecule has 0 fully saturated rings. The number of aromatic hydroxyl groups is 1. The lowest BCUT2D eigenvalue weighted by molar-refractivity contribution is 0.448. The molecule has 0 spiro atoms. The van der Waals surface area contributed by atoms with Crippen LogP contribution in [0.1, 0.15) is 0 Å². The molecule has 0 saturated carbocycles. The van der Waals surface area contributed by atoms with Gasteiger partial charge in [-0.3, -0.25) is 9.67 Å². The maximum atomic E-state index is 9.99. The Bertz CT molecular complexity index is 644. The van der Waals surface area contributed by atoms with Crippen molar-refractivity contribution in [1.29, 1.82) is 0 Å². The number of rotatable bonds is 1. The van der Waals surface area contributed by atoms with Gasteiger partial charge in [0.2, 0.25) is 5.88 Å². The molecule has 0 bridgehead atoms. The van der Waals surface area contributed by atoms with Gasteiger partial charge >= 0.3 is 0 Å². The van der Waals surface area contributed by atoms with Crippen molar-refractivity contribution in [2.45, 2.75) is 0 Å². The molecule has 0 aliphatic heterocycles. The molecule has 3 heterocycles. The highest BCUT2D eigenvalue weighted by Crippen LogP contribution is 2.29. The number of aromatic nitrogens is 4.